The normalized spacial score (nSPS) is 17.6. The molecule has 0 saturated carbocycles. The van der Waals surface area contributed by atoms with E-state index >= 15 is 0 Å². The molecule has 128 valence electrons. The summed E-state index contributed by atoms with van der Waals surface area (Å²) in [6.07, 6.45) is 9.62. The summed E-state index contributed by atoms with van der Waals surface area (Å²) in [6, 6.07) is 5.93. The van der Waals surface area contributed by atoms with Crippen molar-refractivity contribution in [1.29, 1.82) is 0 Å². The van der Waals surface area contributed by atoms with Gasteiger partial charge < -0.3 is 9.47 Å². The van der Waals surface area contributed by atoms with Crippen molar-refractivity contribution in [3.8, 4) is 0 Å². The highest BCUT2D eigenvalue weighted by atomic mass is 32.1. The lowest BCUT2D eigenvalue weighted by Gasteiger charge is -2.32. The van der Waals surface area contributed by atoms with Crippen molar-refractivity contribution in [3.05, 3.63) is 70.7 Å². The van der Waals surface area contributed by atoms with Crippen molar-refractivity contribution in [3.63, 3.8) is 0 Å². The Balaban J connectivity index is 1.50. The van der Waals surface area contributed by atoms with Gasteiger partial charge in [-0.25, -0.2) is 4.98 Å². The van der Waals surface area contributed by atoms with Gasteiger partial charge in [-0.05, 0) is 35.9 Å². The van der Waals surface area contributed by atoms with Crippen LogP contribution in [0, 0.1) is 0 Å². The van der Waals surface area contributed by atoms with E-state index in [1.807, 2.05) is 46.4 Å². The smallest absolute Gasteiger partial charge is 0.254 e. The third-order valence-corrected chi connectivity index (χ3v) is 5.35. The zero-order valence-electron chi connectivity index (χ0n) is 13.9. The summed E-state index contributed by atoms with van der Waals surface area (Å²) >= 11 is 1.56. The van der Waals surface area contributed by atoms with Crippen LogP contribution in [0.2, 0.25) is 0 Å². The van der Waals surface area contributed by atoms with E-state index in [-0.39, 0.29) is 11.8 Å². The van der Waals surface area contributed by atoms with Crippen molar-refractivity contribution in [1.82, 2.24) is 19.4 Å². The van der Waals surface area contributed by atoms with Crippen LogP contribution in [0.25, 0.3) is 0 Å². The number of rotatable bonds is 4. The Bertz CT molecular complexity index is 828. The molecule has 1 aliphatic heterocycles. The summed E-state index contributed by atoms with van der Waals surface area (Å²) in [5, 5.41) is 3.88. The Morgan fingerprint density at radius 3 is 3.08 bits per heavy atom. The van der Waals surface area contributed by atoms with Gasteiger partial charge in [-0.1, -0.05) is 6.07 Å². The Kier molecular flexibility index (Phi) is 4.61. The summed E-state index contributed by atoms with van der Waals surface area (Å²) in [6.45, 7) is 2.32. The lowest BCUT2D eigenvalue weighted by molar-refractivity contribution is 0.0704. The lowest BCUT2D eigenvalue weighted by Crippen LogP contribution is -2.39. The third kappa shape index (κ3) is 3.49. The summed E-state index contributed by atoms with van der Waals surface area (Å²) in [7, 11) is 0. The molecule has 5 nitrogen and oxygen atoms in total. The van der Waals surface area contributed by atoms with E-state index in [1.54, 1.807) is 17.5 Å². The van der Waals surface area contributed by atoms with Crippen LogP contribution in [0.1, 0.15) is 40.5 Å². The van der Waals surface area contributed by atoms with Crippen LogP contribution in [0.5, 0.6) is 0 Å². The van der Waals surface area contributed by atoms with Crippen LogP contribution in [-0.4, -0.2) is 38.4 Å². The zero-order chi connectivity index (χ0) is 17.1. The highest BCUT2D eigenvalue weighted by molar-refractivity contribution is 7.08. The predicted octanol–water partition coefficient (Wildman–Crippen LogP) is 3.41. The van der Waals surface area contributed by atoms with Crippen LogP contribution in [0.4, 0.5) is 0 Å². The molecule has 0 unspecified atom stereocenters. The van der Waals surface area contributed by atoms with Crippen LogP contribution in [-0.2, 0) is 6.54 Å². The van der Waals surface area contributed by atoms with Crippen LogP contribution >= 0.6 is 11.3 Å². The van der Waals surface area contributed by atoms with E-state index in [0.29, 0.717) is 0 Å². The second-order valence-corrected chi connectivity index (χ2v) is 7.16. The second-order valence-electron chi connectivity index (χ2n) is 6.38. The minimum Gasteiger partial charge on any atom is -0.338 e. The predicted molar refractivity (Wildman–Crippen MR) is 97.8 cm³/mol. The number of piperidine rings is 1. The molecule has 0 aliphatic carbocycles. The maximum Gasteiger partial charge on any atom is 0.254 e. The van der Waals surface area contributed by atoms with E-state index in [9.17, 15) is 4.79 Å². The first-order valence-electron chi connectivity index (χ1n) is 8.52. The van der Waals surface area contributed by atoms with Gasteiger partial charge in [0.25, 0.3) is 5.91 Å². The molecule has 1 amide bonds. The molecule has 25 heavy (non-hydrogen) atoms. The fourth-order valence-corrected chi connectivity index (χ4v) is 4.07. The zero-order valence-corrected chi connectivity index (χ0v) is 14.7. The molecule has 4 rings (SSSR count). The van der Waals surface area contributed by atoms with Crippen molar-refractivity contribution < 1.29 is 4.79 Å². The molecule has 3 aromatic heterocycles. The summed E-state index contributed by atoms with van der Waals surface area (Å²) in [5.74, 6) is 1.48. The summed E-state index contributed by atoms with van der Waals surface area (Å²) < 4.78 is 2.18. The monoisotopic (exact) mass is 352 g/mol. The van der Waals surface area contributed by atoms with Crippen molar-refractivity contribution in [2.24, 2.45) is 0 Å². The minimum atomic E-state index is 0.135. The topological polar surface area (TPSA) is 51.0 Å². The molecular weight excluding hydrogens is 332 g/mol. The molecular formula is C19H20N4OS. The molecule has 1 aliphatic rings. The number of pyridine rings is 1. The van der Waals surface area contributed by atoms with Gasteiger partial charge in [0.2, 0.25) is 0 Å². The quantitative estimate of drug-likeness (QED) is 0.723. The molecule has 0 spiro atoms. The number of carbonyl (C=O) groups excluding carboxylic acids is 1. The largest absolute Gasteiger partial charge is 0.338 e. The molecule has 0 aromatic carbocycles. The maximum atomic E-state index is 12.6. The highest BCUT2D eigenvalue weighted by Crippen LogP contribution is 2.27. The van der Waals surface area contributed by atoms with Crippen LogP contribution < -0.4 is 0 Å². The second kappa shape index (κ2) is 7.19. The minimum absolute atomic E-state index is 0.135. The van der Waals surface area contributed by atoms with E-state index in [1.165, 1.54) is 0 Å². The Morgan fingerprint density at radius 2 is 2.28 bits per heavy atom. The Hall–Kier alpha value is -2.47. The van der Waals surface area contributed by atoms with Crippen LogP contribution in [0.3, 0.4) is 0 Å². The van der Waals surface area contributed by atoms with Gasteiger partial charge in [0.05, 0.1) is 12.1 Å². The highest BCUT2D eigenvalue weighted by Gasteiger charge is 2.28. The molecule has 1 fully saturated rings. The van der Waals surface area contributed by atoms with E-state index < -0.39 is 0 Å². The molecule has 3 aromatic rings. The number of amides is 1. The van der Waals surface area contributed by atoms with E-state index in [2.05, 4.69) is 20.6 Å². The van der Waals surface area contributed by atoms with Gasteiger partial charge in [0.15, 0.2) is 0 Å². The molecule has 6 heteroatoms. The maximum absolute atomic E-state index is 12.6. The number of nitrogens with zero attached hydrogens (tertiary/aromatic N) is 4. The van der Waals surface area contributed by atoms with Crippen molar-refractivity contribution >= 4 is 17.2 Å². The molecule has 0 radical (unpaired) electrons. The summed E-state index contributed by atoms with van der Waals surface area (Å²) in [5.41, 5.74) is 1.95. The number of likely N-dealkylation sites (tertiary alicyclic amines) is 1. The number of hydrogen-bond acceptors (Lipinski definition) is 4. The van der Waals surface area contributed by atoms with Gasteiger partial charge >= 0.3 is 0 Å². The van der Waals surface area contributed by atoms with Gasteiger partial charge in [0.1, 0.15) is 5.82 Å². The molecule has 1 atom stereocenters. The first-order valence-corrected chi connectivity index (χ1v) is 9.47. The number of aromatic nitrogens is 3. The van der Waals surface area contributed by atoms with Gasteiger partial charge in [0, 0.05) is 49.2 Å². The van der Waals surface area contributed by atoms with Gasteiger partial charge in [-0.2, -0.15) is 11.3 Å². The molecule has 0 N–H and O–H groups in total. The van der Waals surface area contributed by atoms with Gasteiger partial charge in [-0.3, -0.25) is 9.78 Å². The average Bonchev–Trinajstić information content (AvgIpc) is 3.34. The third-order valence-electron chi connectivity index (χ3n) is 4.67. The van der Waals surface area contributed by atoms with E-state index in [0.717, 1.165) is 49.4 Å². The Morgan fingerprint density at radius 1 is 1.32 bits per heavy atom. The standard InChI is InChI=1S/C19H20N4OS/c24-19(17-5-10-25-14-17)23-8-2-4-16(13-23)18-21-7-9-22(18)12-15-3-1-6-20-11-15/h1,3,5-7,9-11,14,16H,2,4,8,12-13H2/t16-/m0/s1. The number of carbonyl (C=O) groups is 1. The molecule has 0 bridgehead atoms. The first-order chi connectivity index (χ1) is 12.3. The number of hydrogen-bond donors (Lipinski definition) is 0. The van der Waals surface area contributed by atoms with Crippen molar-refractivity contribution in [2.75, 3.05) is 13.1 Å². The number of imidazole rings is 1. The molecule has 1 saturated heterocycles. The number of thiophene rings is 1. The SMILES string of the molecule is O=C(c1ccsc1)N1CCC[C@H](c2nccn2Cc2cccnc2)C1. The lowest BCUT2D eigenvalue weighted by atomic mass is 9.96. The fraction of sp³-hybridized carbons (Fsp3) is 0.316. The Labute approximate surface area is 151 Å². The van der Waals surface area contributed by atoms with E-state index in [4.69, 9.17) is 0 Å². The van der Waals surface area contributed by atoms with Crippen LogP contribution in [0.15, 0.2) is 53.7 Å². The summed E-state index contributed by atoms with van der Waals surface area (Å²) in [4.78, 5) is 23.4. The molecule has 4 heterocycles. The first kappa shape index (κ1) is 16.0. The fourth-order valence-electron chi connectivity index (χ4n) is 3.44. The van der Waals surface area contributed by atoms with Gasteiger partial charge in [-0.15, -0.1) is 0 Å². The van der Waals surface area contributed by atoms with Crippen molar-refractivity contribution in [2.45, 2.75) is 25.3 Å². The average molecular weight is 352 g/mol.